The predicted molar refractivity (Wildman–Crippen MR) is 71.9 cm³/mol. The van der Waals surface area contributed by atoms with E-state index in [1.807, 2.05) is 20.1 Å². The minimum atomic E-state index is -4.51. The second kappa shape index (κ2) is 5.12. The van der Waals surface area contributed by atoms with E-state index < -0.39 is 11.9 Å². The van der Waals surface area contributed by atoms with Gasteiger partial charge in [0.15, 0.2) is 5.69 Å². The molecule has 9 heteroatoms. The first kappa shape index (κ1) is 14.9. The molecule has 0 bridgehead atoms. The third-order valence-corrected chi connectivity index (χ3v) is 4.04. The van der Waals surface area contributed by atoms with E-state index in [1.54, 1.807) is 11.8 Å². The van der Waals surface area contributed by atoms with Gasteiger partial charge in [-0.15, -0.1) is 0 Å². The maximum Gasteiger partial charge on any atom is 0.433 e. The Morgan fingerprint density at radius 3 is 2.65 bits per heavy atom. The molecule has 0 aromatic carbocycles. The topological polar surface area (TPSA) is 55.1 Å². The second-order valence-corrected chi connectivity index (χ2v) is 6.33. The zero-order valence-electron chi connectivity index (χ0n) is 11.2. The van der Waals surface area contributed by atoms with Crippen molar-refractivity contribution in [3.05, 3.63) is 18.1 Å². The average Bonchev–Trinajstić information content (AvgIpc) is 2.83. The second-order valence-electron chi connectivity index (χ2n) is 4.81. The van der Waals surface area contributed by atoms with Crippen LogP contribution >= 0.6 is 11.8 Å². The lowest BCUT2D eigenvalue weighted by Crippen LogP contribution is -2.27. The van der Waals surface area contributed by atoms with Crippen LogP contribution < -0.4 is 5.32 Å². The lowest BCUT2D eigenvalue weighted by atomic mass is 10.2. The van der Waals surface area contributed by atoms with Gasteiger partial charge in [-0.2, -0.15) is 39.5 Å². The Labute approximate surface area is 118 Å². The van der Waals surface area contributed by atoms with Crippen molar-refractivity contribution < 1.29 is 13.2 Å². The summed E-state index contributed by atoms with van der Waals surface area (Å²) in [6.45, 7) is 4.48. The standard InChI is InChI=1S/C11H14F3N5S/c1-10(2,20-3)5-15-8-4-7(11(12,13)14)18-9-16-6-17-19(8)9/h4,6,15H,5H2,1-3H3. The molecular weight excluding hydrogens is 291 g/mol. The molecule has 0 atom stereocenters. The number of anilines is 1. The number of hydrogen-bond acceptors (Lipinski definition) is 5. The molecule has 5 nitrogen and oxygen atoms in total. The number of alkyl halides is 3. The van der Waals surface area contributed by atoms with Crippen LogP contribution in [0.1, 0.15) is 19.5 Å². The zero-order chi connectivity index (χ0) is 15.0. The van der Waals surface area contributed by atoms with Gasteiger partial charge < -0.3 is 5.32 Å². The summed E-state index contributed by atoms with van der Waals surface area (Å²) in [5.74, 6) is 0.145. The summed E-state index contributed by atoms with van der Waals surface area (Å²) in [5, 5.41) is 6.85. The van der Waals surface area contributed by atoms with Crippen molar-refractivity contribution in [3.63, 3.8) is 0 Å². The van der Waals surface area contributed by atoms with Gasteiger partial charge in [0.1, 0.15) is 12.1 Å². The largest absolute Gasteiger partial charge is 0.433 e. The van der Waals surface area contributed by atoms with Gasteiger partial charge in [-0.1, -0.05) is 0 Å². The quantitative estimate of drug-likeness (QED) is 0.941. The molecule has 0 saturated heterocycles. The normalized spacial score (nSPS) is 12.9. The maximum atomic E-state index is 12.8. The highest BCUT2D eigenvalue weighted by Gasteiger charge is 2.34. The molecule has 0 fully saturated rings. The molecule has 0 aliphatic heterocycles. The Hall–Kier alpha value is -1.51. The van der Waals surface area contributed by atoms with Crippen molar-refractivity contribution in [1.29, 1.82) is 0 Å². The SMILES string of the molecule is CSC(C)(C)CNc1cc(C(F)(F)F)nc2ncnn12. The zero-order valence-corrected chi connectivity index (χ0v) is 12.0. The number of nitrogens with zero attached hydrogens (tertiary/aromatic N) is 4. The van der Waals surface area contributed by atoms with Crippen LogP contribution in [-0.2, 0) is 6.18 Å². The Kier molecular flexibility index (Phi) is 3.81. The maximum absolute atomic E-state index is 12.8. The van der Waals surface area contributed by atoms with Crippen LogP contribution in [0.2, 0.25) is 0 Å². The molecule has 0 aliphatic carbocycles. The number of aromatic nitrogens is 4. The molecule has 0 radical (unpaired) electrons. The molecule has 0 saturated carbocycles. The number of thioether (sulfide) groups is 1. The van der Waals surface area contributed by atoms with E-state index in [9.17, 15) is 13.2 Å². The fraction of sp³-hybridized carbons (Fsp3) is 0.545. The number of rotatable bonds is 4. The monoisotopic (exact) mass is 305 g/mol. The minimum Gasteiger partial charge on any atom is -0.368 e. The van der Waals surface area contributed by atoms with Crippen molar-refractivity contribution in [2.24, 2.45) is 0 Å². The van der Waals surface area contributed by atoms with E-state index in [2.05, 4.69) is 20.4 Å². The Balaban J connectivity index is 2.38. The van der Waals surface area contributed by atoms with Gasteiger partial charge in [0.2, 0.25) is 0 Å². The molecule has 2 aromatic heterocycles. The van der Waals surface area contributed by atoms with Crippen molar-refractivity contribution >= 4 is 23.4 Å². The molecule has 0 spiro atoms. The van der Waals surface area contributed by atoms with Gasteiger partial charge in [-0.25, -0.2) is 4.98 Å². The van der Waals surface area contributed by atoms with Crippen LogP contribution in [0.4, 0.5) is 19.0 Å². The van der Waals surface area contributed by atoms with Crippen molar-refractivity contribution in [1.82, 2.24) is 19.6 Å². The van der Waals surface area contributed by atoms with E-state index in [0.29, 0.717) is 6.54 Å². The fourth-order valence-electron chi connectivity index (χ4n) is 1.46. The highest BCUT2D eigenvalue weighted by molar-refractivity contribution is 7.99. The van der Waals surface area contributed by atoms with Gasteiger partial charge >= 0.3 is 6.18 Å². The van der Waals surface area contributed by atoms with Gasteiger partial charge in [-0.05, 0) is 20.1 Å². The van der Waals surface area contributed by atoms with Crippen LogP contribution in [0.25, 0.3) is 5.78 Å². The Morgan fingerprint density at radius 1 is 1.35 bits per heavy atom. The molecule has 2 heterocycles. The molecule has 0 aliphatic rings. The summed E-state index contributed by atoms with van der Waals surface area (Å²) in [7, 11) is 0. The minimum absolute atomic E-state index is 0.0794. The summed E-state index contributed by atoms with van der Waals surface area (Å²) >= 11 is 1.62. The molecule has 0 unspecified atom stereocenters. The molecule has 1 N–H and O–H groups in total. The first-order chi connectivity index (χ1) is 9.23. The van der Waals surface area contributed by atoms with Gasteiger partial charge in [0.05, 0.1) is 0 Å². The number of fused-ring (bicyclic) bond motifs is 1. The van der Waals surface area contributed by atoms with E-state index in [0.717, 1.165) is 6.07 Å². The number of nitrogens with one attached hydrogen (secondary N) is 1. The lowest BCUT2D eigenvalue weighted by Gasteiger charge is -2.23. The first-order valence-corrected chi connectivity index (χ1v) is 7.02. The van der Waals surface area contributed by atoms with Gasteiger partial charge in [0, 0.05) is 17.4 Å². The summed E-state index contributed by atoms with van der Waals surface area (Å²) in [4.78, 5) is 7.16. The predicted octanol–water partition coefficient (Wildman–Crippen LogP) is 2.70. The highest BCUT2D eigenvalue weighted by atomic mass is 32.2. The molecule has 0 amide bonds. The summed E-state index contributed by atoms with van der Waals surface area (Å²) in [6.07, 6.45) is -1.40. The Bertz CT molecular complexity index is 608. The first-order valence-electron chi connectivity index (χ1n) is 5.80. The highest BCUT2D eigenvalue weighted by Crippen LogP contribution is 2.30. The fourth-order valence-corrected chi connectivity index (χ4v) is 1.68. The summed E-state index contributed by atoms with van der Waals surface area (Å²) in [6, 6.07) is 0.943. The van der Waals surface area contributed by atoms with Gasteiger partial charge in [0.25, 0.3) is 5.78 Å². The van der Waals surface area contributed by atoms with Crippen molar-refractivity contribution in [2.45, 2.75) is 24.8 Å². The van der Waals surface area contributed by atoms with Crippen LogP contribution in [0.3, 0.4) is 0 Å². The molecule has 2 aromatic rings. The third-order valence-electron chi connectivity index (χ3n) is 2.79. The molecule has 110 valence electrons. The van der Waals surface area contributed by atoms with Crippen molar-refractivity contribution in [3.8, 4) is 0 Å². The summed E-state index contributed by atoms with van der Waals surface area (Å²) < 4.78 is 39.5. The summed E-state index contributed by atoms with van der Waals surface area (Å²) in [5.41, 5.74) is -0.984. The molecule has 20 heavy (non-hydrogen) atoms. The van der Waals surface area contributed by atoms with Crippen LogP contribution in [-0.4, -0.2) is 37.1 Å². The smallest absolute Gasteiger partial charge is 0.368 e. The van der Waals surface area contributed by atoms with Gasteiger partial charge in [-0.3, -0.25) is 0 Å². The molecule has 2 rings (SSSR count). The van der Waals surface area contributed by atoms with E-state index in [4.69, 9.17) is 0 Å². The third kappa shape index (κ3) is 3.14. The van der Waals surface area contributed by atoms with Crippen molar-refractivity contribution in [2.75, 3.05) is 18.1 Å². The van der Waals surface area contributed by atoms with E-state index in [-0.39, 0.29) is 16.3 Å². The van der Waals surface area contributed by atoms with Crippen LogP contribution in [0.5, 0.6) is 0 Å². The van der Waals surface area contributed by atoms with E-state index in [1.165, 1.54) is 10.8 Å². The number of hydrogen-bond donors (Lipinski definition) is 1. The van der Waals surface area contributed by atoms with Crippen LogP contribution in [0, 0.1) is 0 Å². The lowest BCUT2D eigenvalue weighted by molar-refractivity contribution is -0.141. The van der Waals surface area contributed by atoms with Crippen LogP contribution in [0.15, 0.2) is 12.4 Å². The number of halogens is 3. The molecular formula is C11H14F3N5S. The Morgan fingerprint density at radius 2 is 2.05 bits per heavy atom. The van der Waals surface area contributed by atoms with E-state index >= 15 is 0 Å². The average molecular weight is 305 g/mol.